The fraction of sp³-hybridized carbons (Fsp3) is 0.333. The average molecular weight is 298 g/mol. The normalized spacial score (nSPS) is 12.3. The Bertz CT molecular complexity index is 680. The van der Waals surface area contributed by atoms with E-state index in [2.05, 4.69) is 5.32 Å². The van der Waals surface area contributed by atoms with Crippen LogP contribution in [0, 0.1) is 5.92 Å². The van der Waals surface area contributed by atoms with Gasteiger partial charge in [0.25, 0.3) is 0 Å². The Labute approximate surface area is 130 Å². The molecule has 1 atom stereocenters. The van der Waals surface area contributed by atoms with Crippen molar-refractivity contribution in [1.82, 2.24) is 5.32 Å². The lowest BCUT2D eigenvalue weighted by molar-refractivity contribution is -0.127. The average Bonchev–Trinajstić information content (AvgIpc) is 2.45. The Morgan fingerprint density at radius 1 is 1.09 bits per heavy atom. The molecule has 0 heterocycles. The van der Waals surface area contributed by atoms with Crippen molar-refractivity contribution in [3.63, 3.8) is 0 Å². The van der Waals surface area contributed by atoms with Crippen LogP contribution in [0.15, 0.2) is 42.5 Å². The minimum Gasteiger partial charge on any atom is -0.368 e. The van der Waals surface area contributed by atoms with Crippen LogP contribution in [-0.2, 0) is 16.0 Å². The number of hydrogen-bond donors (Lipinski definition) is 2. The second-order valence-electron chi connectivity index (χ2n) is 6.01. The molecular formula is C18H22N2O2. The molecule has 0 unspecified atom stereocenters. The monoisotopic (exact) mass is 298 g/mol. The van der Waals surface area contributed by atoms with Gasteiger partial charge in [0.05, 0.1) is 0 Å². The van der Waals surface area contributed by atoms with Gasteiger partial charge in [-0.15, -0.1) is 0 Å². The van der Waals surface area contributed by atoms with Crippen molar-refractivity contribution < 1.29 is 9.59 Å². The van der Waals surface area contributed by atoms with Gasteiger partial charge >= 0.3 is 0 Å². The number of nitrogens with one attached hydrogen (secondary N) is 1. The number of rotatable bonds is 6. The maximum atomic E-state index is 11.9. The highest BCUT2D eigenvalue weighted by atomic mass is 16.2. The number of fused-ring (bicyclic) bond motifs is 1. The number of amides is 2. The third kappa shape index (κ3) is 4.32. The summed E-state index contributed by atoms with van der Waals surface area (Å²) in [6.45, 7) is 3.92. The molecule has 22 heavy (non-hydrogen) atoms. The highest BCUT2D eigenvalue weighted by Gasteiger charge is 2.19. The van der Waals surface area contributed by atoms with E-state index >= 15 is 0 Å². The minimum atomic E-state index is -0.674. The van der Waals surface area contributed by atoms with Crippen LogP contribution in [0.1, 0.15) is 25.8 Å². The number of hydrogen-bond acceptors (Lipinski definition) is 2. The van der Waals surface area contributed by atoms with Crippen LogP contribution in [0.25, 0.3) is 10.8 Å². The van der Waals surface area contributed by atoms with E-state index < -0.39 is 11.9 Å². The van der Waals surface area contributed by atoms with E-state index in [4.69, 9.17) is 5.73 Å². The molecule has 2 rings (SSSR count). The molecule has 2 aromatic carbocycles. The molecule has 0 aliphatic heterocycles. The Balaban J connectivity index is 2.12. The summed E-state index contributed by atoms with van der Waals surface area (Å²) in [5.74, 6) is -0.404. The molecule has 0 fully saturated rings. The molecule has 0 saturated carbocycles. The van der Waals surface area contributed by atoms with Crippen LogP contribution in [0.2, 0.25) is 0 Å². The summed E-state index contributed by atoms with van der Waals surface area (Å²) in [6.07, 6.45) is 0.797. The number of carbonyl (C=O) groups is 2. The van der Waals surface area contributed by atoms with Gasteiger partial charge in [-0.25, -0.2) is 0 Å². The lowest BCUT2D eigenvalue weighted by atomic mass is 10.0. The fourth-order valence-electron chi connectivity index (χ4n) is 2.45. The first-order chi connectivity index (χ1) is 10.5. The van der Waals surface area contributed by atoms with Crippen molar-refractivity contribution in [2.45, 2.75) is 32.7 Å². The molecule has 3 N–H and O–H groups in total. The van der Waals surface area contributed by atoms with E-state index in [1.54, 1.807) is 0 Å². The van der Waals surface area contributed by atoms with Gasteiger partial charge in [0.15, 0.2) is 0 Å². The molecular weight excluding hydrogens is 276 g/mol. The summed E-state index contributed by atoms with van der Waals surface area (Å²) >= 11 is 0. The van der Waals surface area contributed by atoms with Crippen molar-refractivity contribution in [2.24, 2.45) is 11.7 Å². The predicted molar refractivity (Wildman–Crippen MR) is 88.2 cm³/mol. The lowest BCUT2D eigenvalue weighted by Gasteiger charge is -2.16. The molecule has 0 saturated heterocycles. The summed E-state index contributed by atoms with van der Waals surface area (Å²) in [6, 6.07) is 13.4. The standard InChI is InChI=1S/C18H22N2O2/c1-12(2)9-17(21)20-16(18(19)22)11-13-7-8-14-5-3-4-6-15(14)10-13/h3-8,10,12,16H,9,11H2,1-2H3,(H2,19,22)(H,20,21)/t16-/m1/s1. The Kier molecular flexibility index (Phi) is 5.15. The van der Waals surface area contributed by atoms with E-state index in [9.17, 15) is 9.59 Å². The second kappa shape index (κ2) is 7.07. The molecule has 0 aliphatic rings. The van der Waals surface area contributed by atoms with Crippen molar-refractivity contribution in [2.75, 3.05) is 0 Å². The smallest absolute Gasteiger partial charge is 0.240 e. The van der Waals surface area contributed by atoms with Crippen molar-refractivity contribution in [3.8, 4) is 0 Å². The van der Waals surface area contributed by atoms with E-state index in [0.717, 1.165) is 16.3 Å². The molecule has 2 aromatic rings. The molecule has 0 spiro atoms. The summed E-state index contributed by atoms with van der Waals surface area (Å²) in [4.78, 5) is 23.4. The van der Waals surface area contributed by atoms with Crippen LogP contribution in [-0.4, -0.2) is 17.9 Å². The first-order valence-corrected chi connectivity index (χ1v) is 7.52. The molecule has 4 nitrogen and oxygen atoms in total. The van der Waals surface area contributed by atoms with Gasteiger partial charge < -0.3 is 11.1 Å². The predicted octanol–water partition coefficient (Wildman–Crippen LogP) is 2.40. The molecule has 0 radical (unpaired) electrons. The molecule has 0 aliphatic carbocycles. The van der Waals surface area contributed by atoms with Gasteiger partial charge in [0.2, 0.25) is 11.8 Å². The minimum absolute atomic E-state index is 0.139. The highest BCUT2D eigenvalue weighted by molar-refractivity contribution is 5.87. The van der Waals surface area contributed by atoms with Crippen LogP contribution in [0.4, 0.5) is 0 Å². The van der Waals surface area contributed by atoms with Crippen LogP contribution in [0.5, 0.6) is 0 Å². The third-order valence-electron chi connectivity index (χ3n) is 3.53. The zero-order valence-corrected chi connectivity index (χ0v) is 13.0. The maximum Gasteiger partial charge on any atom is 0.240 e. The number of carbonyl (C=O) groups excluding carboxylic acids is 2. The van der Waals surface area contributed by atoms with E-state index in [0.29, 0.717) is 12.8 Å². The van der Waals surface area contributed by atoms with Gasteiger partial charge in [0, 0.05) is 12.8 Å². The quantitative estimate of drug-likeness (QED) is 0.859. The zero-order valence-electron chi connectivity index (χ0n) is 13.0. The van der Waals surface area contributed by atoms with Crippen LogP contribution < -0.4 is 11.1 Å². The molecule has 2 amide bonds. The lowest BCUT2D eigenvalue weighted by Crippen LogP contribution is -2.46. The van der Waals surface area contributed by atoms with E-state index in [1.165, 1.54) is 0 Å². The van der Waals surface area contributed by atoms with E-state index in [1.807, 2.05) is 56.3 Å². The second-order valence-corrected chi connectivity index (χ2v) is 6.01. The topological polar surface area (TPSA) is 72.2 Å². The first kappa shape index (κ1) is 16.0. The number of nitrogens with two attached hydrogens (primary N) is 1. The third-order valence-corrected chi connectivity index (χ3v) is 3.53. The Morgan fingerprint density at radius 2 is 1.77 bits per heavy atom. The van der Waals surface area contributed by atoms with Gasteiger partial charge in [-0.1, -0.05) is 56.3 Å². The Morgan fingerprint density at radius 3 is 2.41 bits per heavy atom. The molecule has 0 bridgehead atoms. The van der Waals surface area contributed by atoms with Crippen molar-refractivity contribution >= 4 is 22.6 Å². The number of primary amides is 1. The number of benzene rings is 2. The SMILES string of the molecule is CC(C)CC(=O)N[C@H](Cc1ccc2ccccc2c1)C(N)=O. The van der Waals surface area contributed by atoms with Gasteiger partial charge in [-0.2, -0.15) is 0 Å². The molecule has 116 valence electrons. The molecule has 4 heteroatoms. The van der Waals surface area contributed by atoms with Crippen molar-refractivity contribution in [3.05, 3.63) is 48.0 Å². The molecule has 0 aromatic heterocycles. The summed E-state index contributed by atoms with van der Waals surface area (Å²) in [7, 11) is 0. The summed E-state index contributed by atoms with van der Waals surface area (Å²) < 4.78 is 0. The van der Waals surface area contributed by atoms with Crippen molar-refractivity contribution in [1.29, 1.82) is 0 Å². The van der Waals surface area contributed by atoms with Gasteiger partial charge in [0.1, 0.15) is 6.04 Å². The van der Waals surface area contributed by atoms with Crippen LogP contribution in [0.3, 0.4) is 0 Å². The van der Waals surface area contributed by atoms with Crippen LogP contribution >= 0.6 is 0 Å². The Hall–Kier alpha value is -2.36. The first-order valence-electron chi connectivity index (χ1n) is 7.52. The summed E-state index contributed by atoms with van der Waals surface area (Å²) in [5.41, 5.74) is 6.40. The maximum absolute atomic E-state index is 11.9. The largest absolute Gasteiger partial charge is 0.368 e. The van der Waals surface area contributed by atoms with E-state index in [-0.39, 0.29) is 11.8 Å². The van der Waals surface area contributed by atoms with Gasteiger partial charge in [-0.3, -0.25) is 9.59 Å². The van der Waals surface area contributed by atoms with Gasteiger partial charge in [-0.05, 0) is 22.3 Å². The zero-order chi connectivity index (χ0) is 16.1. The highest BCUT2D eigenvalue weighted by Crippen LogP contribution is 2.16. The summed E-state index contributed by atoms with van der Waals surface area (Å²) in [5, 5.41) is 4.98. The fourth-order valence-corrected chi connectivity index (χ4v) is 2.45.